The van der Waals surface area contributed by atoms with Gasteiger partial charge in [-0.3, -0.25) is 4.55 Å². The van der Waals surface area contributed by atoms with E-state index in [1.165, 1.54) is 134 Å². The Hall–Kier alpha value is -0.700. The van der Waals surface area contributed by atoms with Gasteiger partial charge in [-0.1, -0.05) is 135 Å². The van der Waals surface area contributed by atoms with Crippen LogP contribution in [-0.2, 0) is 16.5 Å². The quantitative estimate of drug-likeness (QED) is 0.0584. The zero-order valence-electron chi connectivity index (χ0n) is 27.3. The van der Waals surface area contributed by atoms with E-state index in [2.05, 4.69) is 27.4 Å². The molecule has 0 aliphatic heterocycles. The molecular weight excluding hydrogens is 543 g/mol. The number of hydrogen-bond donors (Lipinski definition) is 1. The van der Waals surface area contributed by atoms with Crippen LogP contribution in [0.4, 0.5) is 0 Å². The molecule has 0 aromatic heterocycles. The van der Waals surface area contributed by atoms with E-state index in [0.29, 0.717) is 12.8 Å². The van der Waals surface area contributed by atoms with Crippen LogP contribution in [0, 0.1) is 0 Å². The summed E-state index contributed by atoms with van der Waals surface area (Å²) in [5.74, 6) is 0. The van der Waals surface area contributed by atoms with Crippen LogP contribution in [0.3, 0.4) is 0 Å². The van der Waals surface area contributed by atoms with Crippen molar-refractivity contribution < 1.29 is 13.0 Å². The molecule has 1 N–H and O–H groups in total. The first-order chi connectivity index (χ1) is 19.8. The minimum Gasteiger partial charge on any atom is -0.285 e. The lowest BCUT2D eigenvalue weighted by Gasteiger charge is -2.30. The van der Waals surface area contributed by atoms with Gasteiger partial charge in [0, 0.05) is 13.7 Å². The van der Waals surface area contributed by atoms with Crippen molar-refractivity contribution in [2.24, 2.45) is 0 Å². The first kappa shape index (κ1) is 38.3. The average molecular weight is 610 g/mol. The highest BCUT2D eigenvalue weighted by Gasteiger charge is 2.38. The summed E-state index contributed by atoms with van der Waals surface area (Å²) < 4.78 is 35.5. The fraction of sp³-hybridized carbons (Fsp3) is 0.778. The Morgan fingerprint density at radius 2 is 1.05 bits per heavy atom. The van der Waals surface area contributed by atoms with E-state index >= 15 is 0 Å². The third-order valence-electron chi connectivity index (χ3n) is 8.98. The summed E-state index contributed by atoms with van der Waals surface area (Å²) in [6, 6.07) is 7.94. The summed E-state index contributed by atoms with van der Waals surface area (Å²) in [4.78, 5) is 0. The summed E-state index contributed by atoms with van der Waals surface area (Å²) in [5, 5.41) is -0.713. The highest BCUT2D eigenvalue weighted by atomic mass is 32.2. The number of benzene rings is 1. The Balaban J connectivity index is 3.02. The third-order valence-corrected chi connectivity index (χ3v) is 15.2. The first-order valence-electron chi connectivity index (χ1n) is 17.3. The second kappa shape index (κ2) is 23.7. The lowest BCUT2D eigenvalue weighted by atomic mass is 10.1. The van der Waals surface area contributed by atoms with Gasteiger partial charge in [-0.15, -0.1) is 0 Å². The molecule has 1 atom stereocenters. The van der Waals surface area contributed by atoms with E-state index in [1.807, 2.05) is 24.3 Å². The van der Waals surface area contributed by atoms with E-state index < -0.39 is 22.6 Å². The van der Waals surface area contributed by atoms with Gasteiger partial charge >= 0.3 is 0 Å². The van der Waals surface area contributed by atoms with E-state index in [9.17, 15) is 13.0 Å². The maximum atomic E-state index is 12.6. The van der Waals surface area contributed by atoms with Crippen LogP contribution in [0.1, 0.15) is 154 Å². The second-order valence-corrected chi connectivity index (χ2v) is 18.8. The van der Waals surface area contributed by atoms with Gasteiger partial charge in [0.05, 0.1) is 29.9 Å². The Bertz CT molecular complexity index is 825. The molecule has 0 heterocycles. The largest absolute Gasteiger partial charge is 0.285 e. The normalized spacial score (nSPS) is 13.0. The number of hydrogen-bond acceptors (Lipinski definition) is 2. The molecule has 0 radical (unpaired) electrons. The van der Waals surface area contributed by atoms with Crippen molar-refractivity contribution in [2.45, 2.75) is 154 Å². The smallest absolute Gasteiger partial charge is 0.268 e. The van der Waals surface area contributed by atoms with Crippen LogP contribution >= 0.6 is 7.26 Å². The van der Waals surface area contributed by atoms with Gasteiger partial charge in [0.15, 0.2) is 0 Å². The lowest BCUT2D eigenvalue weighted by molar-refractivity contribution is 0.463. The van der Waals surface area contributed by atoms with Crippen molar-refractivity contribution in [1.82, 2.24) is 0 Å². The molecule has 1 aromatic rings. The number of unbranched alkanes of at least 4 members (excludes halogenated alkanes) is 15. The molecule has 5 heteroatoms. The topological polar surface area (TPSA) is 54.4 Å². The Morgan fingerprint density at radius 1 is 0.659 bits per heavy atom. The molecule has 0 bridgehead atoms. The van der Waals surface area contributed by atoms with Crippen molar-refractivity contribution in [3.63, 3.8) is 0 Å². The summed E-state index contributed by atoms with van der Waals surface area (Å²) in [6.45, 7) is 10.6. The van der Waals surface area contributed by atoms with Crippen molar-refractivity contribution in [1.29, 1.82) is 0 Å². The van der Waals surface area contributed by atoms with Crippen LogP contribution in [-0.4, -0.2) is 42.9 Å². The predicted molar refractivity (Wildman–Crippen MR) is 187 cm³/mol. The number of rotatable bonds is 28. The SMILES string of the molecule is C=Cc1ccc(CC(CC[P+](CCCCCCCC)(CCCCCCCC)CCCCCCCC)S(=O)(=O)O)cc1. The molecule has 0 saturated heterocycles. The van der Waals surface area contributed by atoms with Crippen molar-refractivity contribution in [3.8, 4) is 0 Å². The maximum absolute atomic E-state index is 12.6. The summed E-state index contributed by atoms with van der Waals surface area (Å²) in [5.41, 5.74) is 2.00. The van der Waals surface area contributed by atoms with Crippen LogP contribution in [0.5, 0.6) is 0 Å². The minimum atomic E-state index is -4.11. The van der Waals surface area contributed by atoms with E-state index in [0.717, 1.165) is 17.3 Å². The zero-order chi connectivity index (χ0) is 30.2. The summed E-state index contributed by atoms with van der Waals surface area (Å²) >= 11 is 0. The Morgan fingerprint density at radius 3 is 1.41 bits per heavy atom. The molecule has 1 aromatic carbocycles. The Kier molecular flexibility index (Phi) is 22.2. The molecule has 0 aliphatic rings. The van der Waals surface area contributed by atoms with Crippen LogP contribution < -0.4 is 0 Å². The van der Waals surface area contributed by atoms with Crippen molar-refractivity contribution >= 4 is 23.5 Å². The molecule has 0 aliphatic carbocycles. The van der Waals surface area contributed by atoms with E-state index in [1.54, 1.807) is 6.08 Å². The van der Waals surface area contributed by atoms with Gasteiger partial charge in [0.2, 0.25) is 0 Å². The van der Waals surface area contributed by atoms with Gasteiger partial charge in [-0.05, 0) is 56.1 Å². The van der Waals surface area contributed by atoms with Crippen molar-refractivity contribution in [3.05, 3.63) is 42.0 Å². The van der Waals surface area contributed by atoms with Crippen LogP contribution in [0.2, 0.25) is 0 Å². The molecule has 0 saturated carbocycles. The van der Waals surface area contributed by atoms with E-state index in [-0.39, 0.29) is 0 Å². The monoisotopic (exact) mass is 609 g/mol. The molecule has 1 rings (SSSR count). The third kappa shape index (κ3) is 18.5. The highest BCUT2D eigenvalue weighted by Crippen LogP contribution is 2.61. The molecule has 1 unspecified atom stereocenters. The molecule has 3 nitrogen and oxygen atoms in total. The predicted octanol–water partition coefficient (Wildman–Crippen LogP) is 11.6. The van der Waals surface area contributed by atoms with Gasteiger partial charge in [-0.2, -0.15) is 8.42 Å². The molecule has 0 amide bonds. The summed E-state index contributed by atoms with van der Waals surface area (Å²) in [6.07, 6.45) is 31.4. The van der Waals surface area contributed by atoms with Crippen LogP contribution in [0.25, 0.3) is 6.08 Å². The Labute approximate surface area is 256 Å². The second-order valence-electron chi connectivity index (χ2n) is 12.6. The van der Waals surface area contributed by atoms with Gasteiger partial charge in [0.25, 0.3) is 10.1 Å². The molecule has 238 valence electrons. The minimum absolute atomic E-state index is 0.390. The summed E-state index contributed by atoms with van der Waals surface area (Å²) in [7, 11) is -5.40. The highest BCUT2D eigenvalue weighted by molar-refractivity contribution is 7.86. The van der Waals surface area contributed by atoms with Crippen LogP contribution in [0.15, 0.2) is 30.8 Å². The van der Waals surface area contributed by atoms with Crippen molar-refractivity contribution in [2.75, 3.05) is 24.6 Å². The van der Waals surface area contributed by atoms with Gasteiger partial charge in [0.1, 0.15) is 0 Å². The lowest BCUT2D eigenvalue weighted by Crippen LogP contribution is -2.26. The molecule has 0 fully saturated rings. The average Bonchev–Trinajstić information content (AvgIpc) is 2.96. The van der Waals surface area contributed by atoms with Gasteiger partial charge in [-0.25, -0.2) is 0 Å². The molecular formula is C36H66O3PS+. The zero-order valence-corrected chi connectivity index (χ0v) is 29.0. The molecule has 41 heavy (non-hydrogen) atoms. The van der Waals surface area contributed by atoms with E-state index in [4.69, 9.17) is 0 Å². The molecule has 0 spiro atoms. The van der Waals surface area contributed by atoms with Gasteiger partial charge < -0.3 is 0 Å². The first-order valence-corrected chi connectivity index (χ1v) is 21.4. The standard InChI is InChI=1S/C36H65O3PS/c1-5-9-12-15-18-21-29-40(30-22-19-16-13-10-6-2,31-23-20-17-14-11-7-3)32-28-36(41(37,38)39)33-35-26-24-34(8-4)25-27-35/h8,24-27,36H,4-7,9-23,28-33H2,1-3H3/p+1. The maximum Gasteiger partial charge on any atom is 0.268 e. The fourth-order valence-electron chi connectivity index (χ4n) is 6.18. The fourth-order valence-corrected chi connectivity index (χ4v) is 12.1.